The van der Waals surface area contributed by atoms with E-state index in [1.807, 2.05) is 12.1 Å². The molecule has 0 bridgehead atoms. The van der Waals surface area contributed by atoms with E-state index >= 15 is 0 Å². The summed E-state index contributed by atoms with van der Waals surface area (Å²) in [6.07, 6.45) is 1.35. The summed E-state index contributed by atoms with van der Waals surface area (Å²) in [5.41, 5.74) is 2.59. The number of amides is 1. The van der Waals surface area contributed by atoms with Crippen molar-refractivity contribution in [3.63, 3.8) is 0 Å². The van der Waals surface area contributed by atoms with E-state index < -0.39 is 0 Å². The first kappa shape index (κ1) is 13.2. The number of benzene rings is 2. The Balaban J connectivity index is 1.64. The quantitative estimate of drug-likeness (QED) is 0.594. The monoisotopic (exact) mass is 329 g/mol. The van der Waals surface area contributed by atoms with E-state index in [-0.39, 0.29) is 5.91 Å². The number of thiazole rings is 1. The predicted octanol–water partition coefficient (Wildman–Crippen LogP) is 4.34. The first-order valence-electron chi connectivity index (χ1n) is 6.40. The topological polar surface area (TPSA) is 68.0 Å². The third-order valence-corrected chi connectivity index (χ3v) is 4.33. The second kappa shape index (κ2) is 5.08. The number of rotatable bonds is 2. The Kier molecular flexibility index (Phi) is 3.06. The molecule has 108 valence electrons. The number of carbonyl (C=O) groups excluding carboxylic acids is 1. The van der Waals surface area contributed by atoms with Gasteiger partial charge in [-0.2, -0.15) is 0 Å². The maximum atomic E-state index is 12.3. The van der Waals surface area contributed by atoms with E-state index in [9.17, 15) is 4.79 Å². The molecule has 0 atom stereocenters. The van der Waals surface area contributed by atoms with Crippen molar-refractivity contribution in [1.29, 1.82) is 0 Å². The van der Waals surface area contributed by atoms with Crippen LogP contribution in [0.2, 0.25) is 5.02 Å². The minimum absolute atomic E-state index is 0.241. The van der Waals surface area contributed by atoms with Crippen LogP contribution in [0.3, 0.4) is 0 Å². The van der Waals surface area contributed by atoms with Crippen LogP contribution in [0.5, 0.6) is 0 Å². The summed E-state index contributed by atoms with van der Waals surface area (Å²) in [6, 6.07) is 10.5. The fourth-order valence-electron chi connectivity index (χ4n) is 2.12. The van der Waals surface area contributed by atoms with Crippen LogP contribution in [-0.2, 0) is 0 Å². The Morgan fingerprint density at radius 1 is 1.18 bits per heavy atom. The molecule has 4 rings (SSSR count). The van der Waals surface area contributed by atoms with Gasteiger partial charge < -0.3 is 4.42 Å². The molecule has 4 aromatic rings. The molecule has 2 aromatic carbocycles. The molecule has 0 radical (unpaired) electrons. The van der Waals surface area contributed by atoms with E-state index in [0.717, 1.165) is 10.2 Å². The van der Waals surface area contributed by atoms with Crippen LogP contribution < -0.4 is 5.32 Å². The molecule has 0 fully saturated rings. The number of hydrogen-bond donors (Lipinski definition) is 1. The highest BCUT2D eigenvalue weighted by molar-refractivity contribution is 7.22. The molecule has 2 aromatic heterocycles. The average Bonchev–Trinajstić information content (AvgIpc) is 3.11. The van der Waals surface area contributed by atoms with Gasteiger partial charge in [-0.25, -0.2) is 9.97 Å². The van der Waals surface area contributed by atoms with Gasteiger partial charge in [0.05, 0.1) is 10.2 Å². The Bertz CT molecular complexity index is 1010. The molecular formula is C15H8ClN3O2S. The van der Waals surface area contributed by atoms with Crippen molar-refractivity contribution < 1.29 is 9.21 Å². The lowest BCUT2D eigenvalue weighted by atomic mass is 10.2. The number of halogens is 1. The van der Waals surface area contributed by atoms with Crippen molar-refractivity contribution in [2.24, 2.45) is 0 Å². The van der Waals surface area contributed by atoms with Crippen LogP contribution >= 0.6 is 22.9 Å². The van der Waals surface area contributed by atoms with Crippen LogP contribution in [0.25, 0.3) is 21.3 Å². The fourth-order valence-corrected chi connectivity index (χ4v) is 3.26. The van der Waals surface area contributed by atoms with Gasteiger partial charge in [0.2, 0.25) is 0 Å². The SMILES string of the molecule is O=C(Nc1nc2ccc(Cl)cc2s1)c1ccc2ocnc2c1. The number of anilines is 1. The normalized spacial score (nSPS) is 11.1. The van der Waals surface area contributed by atoms with E-state index in [1.165, 1.54) is 17.7 Å². The van der Waals surface area contributed by atoms with Gasteiger partial charge in [-0.05, 0) is 36.4 Å². The van der Waals surface area contributed by atoms with Gasteiger partial charge in [-0.1, -0.05) is 22.9 Å². The van der Waals surface area contributed by atoms with Gasteiger partial charge in [0.1, 0.15) is 5.52 Å². The summed E-state index contributed by atoms with van der Waals surface area (Å²) >= 11 is 7.33. The first-order chi connectivity index (χ1) is 10.7. The third-order valence-electron chi connectivity index (χ3n) is 3.16. The van der Waals surface area contributed by atoms with Crippen molar-refractivity contribution in [2.75, 3.05) is 5.32 Å². The van der Waals surface area contributed by atoms with Gasteiger partial charge in [0.25, 0.3) is 5.91 Å². The Morgan fingerprint density at radius 3 is 3.00 bits per heavy atom. The lowest BCUT2D eigenvalue weighted by Crippen LogP contribution is -2.11. The minimum Gasteiger partial charge on any atom is -0.443 e. The molecule has 1 amide bonds. The molecule has 0 aliphatic carbocycles. The van der Waals surface area contributed by atoms with E-state index in [1.54, 1.807) is 24.3 Å². The Labute approximate surface area is 133 Å². The maximum absolute atomic E-state index is 12.3. The number of carbonyl (C=O) groups is 1. The Hall–Kier alpha value is -2.44. The molecule has 0 aliphatic heterocycles. The standard InChI is InChI=1S/C15H8ClN3O2S/c16-9-2-3-10-13(6-9)22-15(18-10)19-14(20)8-1-4-12-11(5-8)17-7-21-12/h1-7H,(H,18,19,20). The van der Waals surface area contributed by atoms with Gasteiger partial charge in [0.15, 0.2) is 17.1 Å². The van der Waals surface area contributed by atoms with Crippen LogP contribution in [0.4, 0.5) is 5.13 Å². The smallest absolute Gasteiger partial charge is 0.257 e. The van der Waals surface area contributed by atoms with Crippen LogP contribution in [0, 0.1) is 0 Å². The van der Waals surface area contributed by atoms with Gasteiger partial charge in [-0.3, -0.25) is 10.1 Å². The zero-order valence-corrected chi connectivity index (χ0v) is 12.6. The number of hydrogen-bond acceptors (Lipinski definition) is 5. The van der Waals surface area contributed by atoms with Crippen molar-refractivity contribution in [2.45, 2.75) is 0 Å². The molecule has 0 spiro atoms. The number of nitrogens with one attached hydrogen (secondary N) is 1. The second-order valence-electron chi connectivity index (χ2n) is 4.62. The molecule has 0 saturated carbocycles. The summed E-state index contributed by atoms with van der Waals surface area (Å²) in [6.45, 7) is 0. The maximum Gasteiger partial charge on any atom is 0.257 e. The van der Waals surface area contributed by atoms with E-state index in [0.29, 0.717) is 26.8 Å². The Morgan fingerprint density at radius 2 is 2.09 bits per heavy atom. The van der Waals surface area contributed by atoms with Gasteiger partial charge in [0, 0.05) is 10.6 Å². The lowest BCUT2D eigenvalue weighted by molar-refractivity contribution is 0.102. The van der Waals surface area contributed by atoms with Gasteiger partial charge >= 0.3 is 0 Å². The molecule has 7 heteroatoms. The van der Waals surface area contributed by atoms with Crippen molar-refractivity contribution in [1.82, 2.24) is 9.97 Å². The highest BCUT2D eigenvalue weighted by Crippen LogP contribution is 2.28. The summed E-state index contributed by atoms with van der Waals surface area (Å²) in [5.74, 6) is -0.241. The second-order valence-corrected chi connectivity index (χ2v) is 6.09. The highest BCUT2D eigenvalue weighted by Gasteiger charge is 2.11. The molecule has 5 nitrogen and oxygen atoms in total. The molecule has 1 N–H and O–H groups in total. The van der Waals surface area contributed by atoms with E-state index in [4.69, 9.17) is 16.0 Å². The third kappa shape index (κ3) is 2.32. The summed E-state index contributed by atoms with van der Waals surface area (Å²) in [7, 11) is 0. The van der Waals surface area contributed by atoms with Crippen molar-refractivity contribution in [3.05, 3.63) is 53.4 Å². The molecule has 0 saturated heterocycles. The molecule has 2 heterocycles. The minimum atomic E-state index is -0.241. The molecular weight excluding hydrogens is 322 g/mol. The summed E-state index contributed by atoms with van der Waals surface area (Å²) in [4.78, 5) is 20.7. The molecule has 22 heavy (non-hydrogen) atoms. The number of fused-ring (bicyclic) bond motifs is 2. The number of oxazole rings is 1. The zero-order chi connectivity index (χ0) is 15.1. The predicted molar refractivity (Wildman–Crippen MR) is 86.6 cm³/mol. The highest BCUT2D eigenvalue weighted by atomic mass is 35.5. The fraction of sp³-hybridized carbons (Fsp3) is 0. The summed E-state index contributed by atoms with van der Waals surface area (Å²) in [5, 5.41) is 3.97. The number of aromatic nitrogens is 2. The van der Waals surface area contributed by atoms with Crippen LogP contribution in [0.15, 0.2) is 47.2 Å². The van der Waals surface area contributed by atoms with Crippen LogP contribution in [-0.4, -0.2) is 15.9 Å². The van der Waals surface area contributed by atoms with Crippen molar-refractivity contribution in [3.8, 4) is 0 Å². The van der Waals surface area contributed by atoms with Gasteiger partial charge in [-0.15, -0.1) is 0 Å². The first-order valence-corrected chi connectivity index (χ1v) is 7.59. The average molecular weight is 330 g/mol. The van der Waals surface area contributed by atoms with Crippen molar-refractivity contribution >= 4 is 55.3 Å². The zero-order valence-electron chi connectivity index (χ0n) is 11.0. The molecule has 0 aliphatic rings. The van der Waals surface area contributed by atoms with Crippen LogP contribution in [0.1, 0.15) is 10.4 Å². The van der Waals surface area contributed by atoms with E-state index in [2.05, 4.69) is 15.3 Å². The largest absolute Gasteiger partial charge is 0.443 e. The summed E-state index contributed by atoms with van der Waals surface area (Å²) < 4.78 is 6.08. The molecule has 0 unspecified atom stereocenters. The number of nitrogens with zero attached hydrogens (tertiary/aromatic N) is 2. The lowest BCUT2D eigenvalue weighted by Gasteiger charge is -2.00.